The van der Waals surface area contributed by atoms with E-state index in [1.807, 2.05) is 13.8 Å². The second kappa shape index (κ2) is 9.33. The van der Waals surface area contributed by atoms with Gasteiger partial charge in [-0.3, -0.25) is 9.59 Å². The smallest absolute Gasteiger partial charge is 0.316 e. The van der Waals surface area contributed by atoms with Crippen molar-refractivity contribution in [3.63, 3.8) is 0 Å². The highest BCUT2D eigenvalue weighted by molar-refractivity contribution is 5.98. The van der Waals surface area contributed by atoms with E-state index in [9.17, 15) is 9.59 Å². The maximum Gasteiger partial charge on any atom is 0.316 e. The van der Waals surface area contributed by atoms with Crippen molar-refractivity contribution in [3.8, 4) is 0 Å². The molecule has 0 spiro atoms. The molecule has 0 fully saturated rings. The first-order chi connectivity index (χ1) is 7.67. The lowest BCUT2D eigenvalue weighted by Gasteiger charge is -2.12. The van der Waals surface area contributed by atoms with Crippen LogP contribution in [-0.2, 0) is 19.1 Å². The van der Waals surface area contributed by atoms with Gasteiger partial charge in [-0.1, -0.05) is 19.8 Å². The molecule has 4 heteroatoms. The SMILES string of the molecule is CCCCC(C(=O)CCOCC)C(=O)OC. The highest BCUT2D eigenvalue weighted by atomic mass is 16.5. The largest absolute Gasteiger partial charge is 0.468 e. The molecule has 0 amide bonds. The molecule has 0 rings (SSSR count). The summed E-state index contributed by atoms with van der Waals surface area (Å²) in [6.07, 6.45) is 2.69. The van der Waals surface area contributed by atoms with Gasteiger partial charge in [-0.15, -0.1) is 0 Å². The Morgan fingerprint density at radius 3 is 2.44 bits per heavy atom. The van der Waals surface area contributed by atoms with E-state index in [4.69, 9.17) is 4.74 Å². The summed E-state index contributed by atoms with van der Waals surface area (Å²) in [6.45, 7) is 4.87. The van der Waals surface area contributed by atoms with E-state index in [2.05, 4.69) is 4.74 Å². The van der Waals surface area contributed by atoms with E-state index in [-0.39, 0.29) is 12.2 Å². The van der Waals surface area contributed by atoms with Crippen LogP contribution in [0.2, 0.25) is 0 Å². The molecule has 1 atom stereocenters. The Balaban J connectivity index is 4.15. The number of hydrogen-bond donors (Lipinski definition) is 0. The normalized spacial score (nSPS) is 12.2. The zero-order valence-corrected chi connectivity index (χ0v) is 10.5. The second-order valence-electron chi connectivity index (χ2n) is 3.63. The number of carbonyl (C=O) groups excluding carboxylic acids is 2. The van der Waals surface area contributed by atoms with Crippen molar-refractivity contribution in [2.24, 2.45) is 5.92 Å². The Morgan fingerprint density at radius 2 is 1.94 bits per heavy atom. The molecule has 0 heterocycles. The van der Waals surface area contributed by atoms with Crippen molar-refractivity contribution < 1.29 is 19.1 Å². The third-order valence-corrected chi connectivity index (χ3v) is 2.42. The molecule has 0 aromatic carbocycles. The predicted octanol–water partition coefficient (Wildman–Crippen LogP) is 1.96. The number of carbonyl (C=O) groups is 2. The minimum Gasteiger partial charge on any atom is -0.468 e. The summed E-state index contributed by atoms with van der Waals surface area (Å²) >= 11 is 0. The minimum absolute atomic E-state index is 0.0752. The average molecular weight is 230 g/mol. The molecule has 0 aliphatic rings. The molecular weight excluding hydrogens is 208 g/mol. The van der Waals surface area contributed by atoms with Gasteiger partial charge in [-0.05, 0) is 13.3 Å². The monoisotopic (exact) mass is 230 g/mol. The van der Waals surface area contributed by atoms with Crippen LogP contribution in [0.5, 0.6) is 0 Å². The van der Waals surface area contributed by atoms with Gasteiger partial charge in [-0.2, -0.15) is 0 Å². The van der Waals surface area contributed by atoms with Crippen LogP contribution in [0.1, 0.15) is 39.5 Å². The van der Waals surface area contributed by atoms with Crippen LogP contribution >= 0.6 is 0 Å². The van der Waals surface area contributed by atoms with Gasteiger partial charge in [0.05, 0.1) is 13.7 Å². The van der Waals surface area contributed by atoms with Gasteiger partial charge in [0.25, 0.3) is 0 Å². The summed E-state index contributed by atoms with van der Waals surface area (Å²) < 4.78 is 9.74. The first-order valence-corrected chi connectivity index (χ1v) is 5.85. The molecular formula is C12H22O4. The standard InChI is InChI=1S/C12H22O4/c1-4-6-7-10(12(14)15-3)11(13)8-9-16-5-2/h10H,4-9H2,1-3H3. The van der Waals surface area contributed by atoms with Gasteiger partial charge in [0.15, 0.2) is 0 Å². The number of ether oxygens (including phenoxy) is 2. The lowest BCUT2D eigenvalue weighted by atomic mass is 9.96. The zero-order chi connectivity index (χ0) is 12.4. The van der Waals surface area contributed by atoms with E-state index in [1.54, 1.807) is 0 Å². The lowest BCUT2D eigenvalue weighted by Crippen LogP contribution is -2.26. The molecule has 0 aliphatic carbocycles. The summed E-state index contributed by atoms with van der Waals surface area (Å²) in [5, 5.41) is 0. The predicted molar refractivity (Wildman–Crippen MR) is 61.1 cm³/mol. The zero-order valence-electron chi connectivity index (χ0n) is 10.5. The number of rotatable bonds is 9. The van der Waals surface area contributed by atoms with Crippen LogP contribution < -0.4 is 0 Å². The van der Waals surface area contributed by atoms with Crippen LogP contribution in [0.3, 0.4) is 0 Å². The summed E-state index contributed by atoms with van der Waals surface area (Å²) in [5.41, 5.74) is 0. The van der Waals surface area contributed by atoms with Crippen LogP contribution in [0.4, 0.5) is 0 Å². The van der Waals surface area contributed by atoms with Crippen molar-refractivity contribution in [2.75, 3.05) is 20.3 Å². The Morgan fingerprint density at radius 1 is 1.25 bits per heavy atom. The van der Waals surface area contributed by atoms with Crippen molar-refractivity contribution in [1.82, 2.24) is 0 Å². The van der Waals surface area contributed by atoms with Crippen molar-refractivity contribution in [3.05, 3.63) is 0 Å². The Hall–Kier alpha value is -0.900. The van der Waals surface area contributed by atoms with Crippen molar-refractivity contribution in [2.45, 2.75) is 39.5 Å². The van der Waals surface area contributed by atoms with Crippen LogP contribution in [0, 0.1) is 5.92 Å². The van der Waals surface area contributed by atoms with E-state index >= 15 is 0 Å². The molecule has 0 N–H and O–H groups in total. The van der Waals surface area contributed by atoms with Gasteiger partial charge in [-0.25, -0.2) is 0 Å². The molecule has 0 bridgehead atoms. The summed E-state index contributed by atoms with van der Waals surface area (Å²) in [7, 11) is 1.32. The number of ketones is 1. The molecule has 16 heavy (non-hydrogen) atoms. The first-order valence-electron chi connectivity index (χ1n) is 5.85. The summed E-state index contributed by atoms with van der Waals surface area (Å²) in [5.74, 6) is -1.10. The maximum absolute atomic E-state index is 11.7. The molecule has 94 valence electrons. The topological polar surface area (TPSA) is 52.6 Å². The van der Waals surface area contributed by atoms with Crippen LogP contribution in [0.25, 0.3) is 0 Å². The molecule has 0 aliphatic heterocycles. The summed E-state index contributed by atoms with van der Waals surface area (Å²) in [4.78, 5) is 23.2. The quantitative estimate of drug-likeness (QED) is 0.345. The van der Waals surface area contributed by atoms with Gasteiger partial charge in [0.2, 0.25) is 0 Å². The maximum atomic E-state index is 11.7. The molecule has 0 radical (unpaired) electrons. The third-order valence-electron chi connectivity index (χ3n) is 2.42. The van der Waals surface area contributed by atoms with Crippen molar-refractivity contribution in [1.29, 1.82) is 0 Å². The fraction of sp³-hybridized carbons (Fsp3) is 0.833. The van der Waals surface area contributed by atoms with E-state index < -0.39 is 11.9 Å². The number of methoxy groups -OCH3 is 1. The molecule has 1 unspecified atom stereocenters. The number of Topliss-reactive ketones (excluding diaryl/α,β-unsaturated/α-hetero) is 1. The average Bonchev–Trinajstić information content (AvgIpc) is 2.29. The number of hydrogen-bond acceptors (Lipinski definition) is 4. The molecule has 0 aromatic heterocycles. The second-order valence-corrected chi connectivity index (χ2v) is 3.63. The number of unbranched alkanes of at least 4 members (excludes halogenated alkanes) is 1. The third kappa shape index (κ3) is 5.85. The Kier molecular flexibility index (Phi) is 8.81. The minimum atomic E-state index is -0.606. The van der Waals surface area contributed by atoms with Gasteiger partial charge in [0, 0.05) is 13.0 Å². The summed E-state index contributed by atoms with van der Waals surface area (Å²) in [6, 6.07) is 0. The van der Waals surface area contributed by atoms with E-state index in [0.717, 1.165) is 12.8 Å². The van der Waals surface area contributed by atoms with Gasteiger partial charge >= 0.3 is 5.97 Å². The first kappa shape index (κ1) is 15.1. The van der Waals surface area contributed by atoms with Crippen LogP contribution in [-0.4, -0.2) is 32.1 Å². The fourth-order valence-corrected chi connectivity index (χ4v) is 1.45. The molecule has 0 saturated heterocycles. The lowest BCUT2D eigenvalue weighted by molar-refractivity contribution is -0.150. The Labute approximate surface area is 97.3 Å². The highest BCUT2D eigenvalue weighted by Crippen LogP contribution is 2.13. The van der Waals surface area contributed by atoms with Gasteiger partial charge < -0.3 is 9.47 Å². The number of esters is 1. The van der Waals surface area contributed by atoms with E-state index in [0.29, 0.717) is 19.6 Å². The van der Waals surface area contributed by atoms with Crippen molar-refractivity contribution >= 4 is 11.8 Å². The molecule has 0 aromatic rings. The molecule has 4 nitrogen and oxygen atoms in total. The fourth-order valence-electron chi connectivity index (χ4n) is 1.45. The highest BCUT2D eigenvalue weighted by Gasteiger charge is 2.26. The Bertz CT molecular complexity index is 213. The molecule has 0 saturated carbocycles. The van der Waals surface area contributed by atoms with Crippen LogP contribution in [0.15, 0.2) is 0 Å². The van der Waals surface area contributed by atoms with E-state index in [1.165, 1.54) is 7.11 Å². The van der Waals surface area contributed by atoms with Gasteiger partial charge in [0.1, 0.15) is 11.7 Å².